The van der Waals surface area contributed by atoms with Gasteiger partial charge in [0.05, 0.1) is 6.54 Å². The molecule has 1 rings (SSSR count). The van der Waals surface area contributed by atoms with E-state index in [4.69, 9.17) is 10.2 Å². The number of carboxylic acids is 1. The highest BCUT2D eigenvalue weighted by Crippen LogP contribution is 2.06. The molecule has 0 amide bonds. The SMILES string of the molecule is O=C(O)CN1CCNCC1CCO. The second-order valence-electron chi connectivity index (χ2n) is 3.23. The third-order valence-corrected chi connectivity index (χ3v) is 2.27. The van der Waals surface area contributed by atoms with Gasteiger partial charge in [-0.15, -0.1) is 0 Å². The largest absolute Gasteiger partial charge is 0.480 e. The lowest BCUT2D eigenvalue weighted by molar-refractivity contribution is -0.139. The first kappa shape index (κ1) is 10.4. The van der Waals surface area contributed by atoms with Crippen molar-refractivity contribution in [3.63, 3.8) is 0 Å². The molecule has 5 heteroatoms. The molecular formula is C8H16N2O3. The standard InChI is InChI=1S/C8H16N2O3/c11-4-1-7-5-9-2-3-10(7)6-8(12)13/h7,9,11H,1-6H2,(H,12,13). The van der Waals surface area contributed by atoms with Gasteiger partial charge >= 0.3 is 5.97 Å². The Labute approximate surface area is 77.3 Å². The summed E-state index contributed by atoms with van der Waals surface area (Å²) in [5.41, 5.74) is 0. The molecule has 13 heavy (non-hydrogen) atoms. The van der Waals surface area contributed by atoms with Crippen LogP contribution in [0.1, 0.15) is 6.42 Å². The quantitative estimate of drug-likeness (QED) is 0.513. The smallest absolute Gasteiger partial charge is 0.317 e. The molecule has 76 valence electrons. The molecule has 0 radical (unpaired) electrons. The first-order chi connectivity index (χ1) is 6.24. The predicted octanol–water partition coefficient (Wildman–Crippen LogP) is -1.27. The summed E-state index contributed by atoms with van der Waals surface area (Å²) in [7, 11) is 0. The molecule has 1 heterocycles. The number of rotatable bonds is 4. The predicted molar refractivity (Wildman–Crippen MR) is 47.6 cm³/mol. The van der Waals surface area contributed by atoms with Crippen LogP contribution in [0.2, 0.25) is 0 Å². The molecule has 0 aromatic heterocycles. The first-order valence-electron chi connectivity index (χ1n) is 4.51. The van der Waals surface area contributed by atoms with E-state index in [1.54, 1.807) is 0 Å². The number of piperazine rings is 1. The van der Waals surface area contributed by atoms with Crippen LogP contribution in [0.4, 0.5) is 0 Å². The Bertz CT molecular complexity index is 173. The topological polar surface area (TPSA) is 72.8 Å². The van der Waals surface area contributed by atoms with Crippen molar-refractivity contribution in [1.29, 1.82) is 0 Å². The van der Waals surface area contributed by atoms with Crippen LogP contribution in [-0.2, 0) is 4.79 Å². The Morgan fingerprint density at radius 3 is 3.00 bits per heavy atom. The number of nitrogens with zero attached hydrogens (tertiary/aromatic N) is 1. The molecule has 1 saturated heterocycles. The molecule has 0 saturated carbocycles. The van der Waals surface area contributed by atoms with E-state index in [1.807, 2.05) is 4.90 Å². The van der Waals surface area contributed by atoms with Gasteiger partial charge in [0, 0.05) is 32.3 Å². The van der Waals surface area contributed by atoms with Gasteiger partial charge in [-0.05, 0) is 6.42 Å². The van der Waals surface area contributed by atoms with Crippen molar-refractivity contribution >= 4 is 5.97 Å². The number of aliphatic carboxylic acids is 1. The number of nitrogens with one attached hydrogen (secondary N) is 1. The summed E-state index contributed by atoms with van der Waals surface area (Å²) >= 11 is 0. The van der Waals surface area contributed by atoms with Gasteiger partial charge in [0.15, 0.2) is 0 Å². The van der Waals surface area contributed by atoms with Crippen LogP contribution in [0.3, 0.4) is 0 Å². The van der Waals surface area contributed by atoms with Crippen LogP contribution in [0.15, 0.2) is 0 Å². The zero-order chi connectivity index (χ0) is 9.68. The Morgan fingerprint density at radius 1 is 1.62 bits per heavy atom. The van der Waals surface area contributed by atoms with Crippen molar-refractivity contribution < 1.29 is 15.0 Å². The molecule has 1 atom stereocenters. The fraction of sp³-hybridized carbons (Fsp3) is 0.875. The molecule has 1 fully saturated rings. The van der Waals surface area contributed by atoms with Gasteiger partial charge in [-0.2, -0.15) is 0 Å². The Morgan fingerprint density at radius 2 is 2.38 bits per heavy atom. The van der Waals surface area contributed by atoms with Gasteiger partial charge in [0.2, 0.25) is 0 Å². The Hall–Kier alpha value is -0.650. The molecule has 0 aromatic rings. The zero-order valence-corrected chi connectivity index (χ0v) is 7.57. The minimum atomic E-state index is -0.801. The lowest BCUT2D eigenvalue weighted by Gasteiger charge is -2.34. The summed E-state index contributed by atoms with van der Waals surface area (Å²) in [4.78, 5) is 12.4. The van der Waals surface area contributed by atoms with Gasteiger partial charge in [0.1, 0.15) is 0 Å². The van der Waals surface area contributed by atoms with Crippen LogP contribution in [0, 0.1) is 0 Å². The molecule has 3 N–H and O–H groups in total. The van der Waals surface area contributed by atoms with Crippen molar-refractivity contribution in [2.24, 2.45) is 0 Å². The molecule has 1 aliphatic rings. The highest BCUT2D eigenvalue weighted by Gasteiger charge is 2.22. The minimum absolute atomic E-state index is 0.0757. The normalized spacial score (nSPS) is 24.5. The fourth-order valence-corrected chi connectivity index (χ4v) is 1.62. The molecule has 0 aliphatic carbocycles. The lowest BCUT2D eigenvalue weighted by atomic mass is 10.1. The van der Waals surface area contributed by atoms with Gasteiger partial charge < -0.3 is 15.5 Å². The van der Waals surface area contributed by atoms with Crippen molar-refractivity contribution in [2.75, 3.05) is 32.8 Å². The van der Waals surface area contributed by atoms with Gasteiger partial charge in [-0.1, -0.05) is 0 Å². The summed E-state index contributed by atoms with van der Waals surface area (Å²) in [5.74, 6) is -0.801. The van der Waals surface area contributed by atoms with Gasteiger partial charge in [-0.3, -0.25) is 9.69 Å². The maximum Gasteiger partial charge on any atom is 0.317 e. The van der Waals surface area contributed by atoms with Crippen LogP contribution in [-0.4, -0.2) is 59.9 Å². The van der Waals surface area contributed by atoms with Crippen molar-refractivity contribution in [3.8, 4) is 0 Å². The summed E-state index contributed by atoms with van der Waals surface area (Å²) < 4.78 is 0. The second-order valence-corrected chi connectivity index (χ2v) is 3.23. The summed E-state index contributed by atoms with van der Waals surface area (Å²) in [6, 6.07) is 0.162. The maximum absolute atomic E-state index is 10.5. The van der Waals surface area contributed by atoms with Crippen LogP contribution in [0.5, 0.6) is 0 Å². The zero-order valence-electron chi connectivity index (χ0n) is 7.57. The molecular weight excluding hydrogens is 172 g/mol. The van der Waals surface area contributed by atoms with E-state index >= 15 is 0 Å². The third-order valence-electron chi connectivity index (χ3n) is 2.27. The van der Waals surface area contributed by atoms with E-state index in [0.29, 0.717) is 6.42 Å². The van der Waals surface area contributed by atoms with E-state index in [2.05, 4.69) is 5.32 Å². The lowest BCUT2D eigenvalue weighted by Crippen LogP contribution is -2.53. The van der Waals surface area contributed by atoms with Crippen LogP contribution < -0.4 is 5.32 Å². The average molecular weight is 188 g/mol. The summed E-state index contributed by atoms with van der Waals surface area (Å²) in [5, 5.41) is 20.6. The third kappa shape index (κ3) is 3.30. The van der Waals surface area contributed by atoms with E-state index in [0.717, 1.165) is 19.6 Å². The van der Waals surface area contributed by atoms with E-state index in [9.17, 15) is 4.79 Å². The molecule has 0 aromatic carbocycles. The number of carbonyl (C=O) groups is 1. The number of carboxylic acid groups (broad SMARTS) is 1. The van der Waals surface area contributed by atoms with Crippen molar-refractivity contribution in [1.82, 2.24) is 10.2 Å². The van der Waals surface area contributed by atoms with Crippen LogP contribution >= 0.6 is 0 Å². The van der Waals surface area contributed by atoms with E-state index < -0.39 is 5.97 Å². The van der Waals surface area contributed by atoms with Crippen molar-refractivity contribution in [3.05, 3.63) is 0 Å². The summed E-state index contributed by atoms with van der Waals surface area (Å²) in [6.45, 7) is 2.54. The Kier molecular flexibility index (Phi) is 4.14. The van der Waals surface area contributed by atoms with Gasteiger partial charge in [-0.25, -0.2) is 0 Å². The Balaban J connectivity index is 2.41. The number of hydrogen-bond acceptors (Lipinski definition) is 4. The minimum Gasteiger partial charge on any atom is -0.480 e. The fourth-order valence-electron chi connectivity index (χ4n) is 1.62. The summed E-state index contributed by atoms with van der Waals surface area (Å²) in [6.07, 6.45) is 0.639. The number of aliphatic hydroxyl groups excluding tert-OH is 1. The molecule has 5 nitrogen and oxygen atoms in total. The highest BCUT2D eigenvalue weighted by atomic mass is 16.4. The van der Waals surface area contributed by atoms with E-state index in [-0.39, 0.29) is 19.2 Å². The molecule has 0 bridgehead atoms. The number of hydrogen-bond donors (Lipinski definition) is 3. The monoisotopic (exact) mass is 188 g/mol. The average Bonchev–Trinajstić information content (AvgIpc) is 2.08. The van der Waals surface area contributed by atoms with E-state index in [1.165, 1.54) is 0 Å². The first-order valence-corrected chi connectivity index (χ1v) is 4.51. The molecule has 1 unspecified atom stereocenters. The van der Waals surface area contributed by atoms with Gasteiger partial charge in [0.25, 0.3) is 0 Å². The number of aliphatic hydroxyl groups is 1. The van der Waals surface area contributed by atoms with Crippen molar-refractivity contribution in [2.45, 2.75) is 12.5 Å². The van der Waals surface area contributed by atoms with Crippen LogP contribution in [0.25, 0.3) is 0 Å². The maximum atomic E-state index is 10.5. The second kappa shape index (κ2) is 5.16. The molecule has 1 aliphatic heterocycles. The molecule has 0 spiro atoms. The highest BCUT2D eigenvalue weighted by molar-refractivity contribution is 5.69.